The Labute approximate surface area is 183 Å². The molecule has 30 heavy (non-hydrogen) atoms. The van der Waals surface area contributed by atoms with Crippen LogP contribution in [0.4, 0.5) is 0 Å². The second kappa shape index (κ2) is 15.9. The third-order valence-corrected chi connectivity index (χ3v) is 5.66. The van der Waals surface area contributed by atoms with Gasteiger partial charge in [0.25, 0.3) is 0 Å². The second-order valence-corrected chi connectivity index (χ2v) is 8.32. The van der Waals surface area contributed by atoms with Crippen molar-refractivity contribution in [1.82, 2.24) is 0 Å². The Bertz CT molecular complexity index is 510. The maximum Gasteiger partial charge on any atom is 0.491 e. The van der Waals surface area contributed by atoms with Crippen LogP contribution in [0.15, 0.2) is 23.4 Å². The maximum absolute atomic E-state index is 10.0. The lowest BCUT2D eigenvalue weighted by Crippen LogP contribution is -2.49. The van der Waals surface area contributed by atoms with E-state index in [0.717, 1.165) is 38.5 Å². The molecule has 1 aliphatic carbocycles. The minimum atomic E-state index is -1.72. The van der Waals surface area contributed by atoms with Crippen molar-refractivity contribution in [2.45, 2.75) is 103 Å². The quantitative estimate of drug-likeness (QED) is 0.198. The number of unbranched alkanes of at least 4 members (excludes halogenated alkanes) is 10. The highest BCUT2D eigenvalue weighted by Crippen LogP contribution is 2.33. The lowest BCUT2D eigenvalue weighted by Gasteiger charge is -2.34. The summed E-state index contributed by atoms with van der Waals surface area (Å²) in [5, 5.41) is 39.4. The van der Waals surface area contributed by atoms with Gasteiger partial charge in [-0.05, 0) is 12.8 Å². The molecule has 0 heterocycles. The molecule has 0 aliphatic heterocycles. The average Bonchev–Trinajstić information content (AvgIpc) is 2.72. The van der Waals surface area contributed by atoms with E-state index in [0.29, 0.717) is 19.0 Å². The molecule has 1 unspecified atom stereocenters. The van der Waals surface area contributed by atoms with Gasteiger partial charge in [-0.25, -0.2) is 0 Å². The van der Waals surface area contributed by atoms with Crippen LogP contribution in [0.25, 0.3) is 0 Å². The second-order valence-electron chi connectivity index (χ2n) is 8.32. The van der Waals surface area contributed by atoms with Crippen molar-refractivity contribution in [3.8, 4) is 0 Å². The van der Waals surface area contributed by atoms with Gasteiger partial charge in [0, 0.05) is 18.5 Å². The van der Waals surface area contributed by atoms with Crippen molar-refractivity contribution in [2.24, 2.45) is 0 Å². The molecule has 1 rings (SSSR count). The largest absolute Gasteiger partial charge is 0.498 e. The lowest BCUT2D eigenvalue weighted by molar-refractivity contribution is 0.0104. The zero-order chi connectivity index (χ0) is 22.2. The van der Waals surface area contributed by atoms with Crippen molar-refractivity contribution in [1.29, 1.82) is 0 Å². The Hall–Kier alpha value is -0.790. The van der Waals surface area contributed by atoms with E-state index in [1.165, 1.54) is 50.7 Å². The van der Waals surface area contributed by atoms with Crippen LogP contribution in [0, 0.1) is 0 Å². The molecule has 0 aromatic carbocycles. The predicted molar refractivity (Wildman–Crippen MR) is 123 cm³/mol. The summed E-state index contributed by atoms with van der Waals surface area (Å²) in [5.41, 5.74) is -1.07. The number of ether oxygens (including phenoxy) is 2. The summed E-state index contributed by atoms with van der Waals surface area (Å²) in [7, 11) is -3.40. The van der Waals surface area contributed by atoms with Crippen LogP contribution in [0.2, 0.25) is 0 Å². The Balaban J connectivity index is 2.57. The summed E-state index contributed by atoms with van der Waals surface area (Å²) in [6, 6.07) is 0. The summed E-state index contributed by atoms with van der Waals surface area (Å²) in [4.78, 5) is 0. The third kappa shape index (κ3) is 10.0. The van der Waals surface area contributed by atoms with E-state index in [9.17, 15) is 20.1 Å². The summed E-state index contributed by atoms with van der Waals surface area (Å²) in [6.45, 7) is 5.24. The molecular weight excluding hydrogens is 382 g/mol. The zero-order valence-corrected chi connectivity index (χ0v) is 19.0. The van der Waals surface area contributed by atoms with Crippen LogP contribution >= 0.6 is 0 Å². The van der Waals surface area contributed by atoms with Gasteiger partial charge in [0.2, 0.25) is 0 Å². The van der Waals surface area contributed by atoms with Crippen LogP contribution < -0.4 is 0 Å². The number of hydrogen-bond donors (Lipinski definition) is 4. The fraction of sp³-hybridized carbons (Fsp3) is 0.818. The van der Waals surface area contributed by atoms with Crippen molar-refractivity contribution < 1.29 is 29.6 Å². The highest BCUT2D eigenvalue weighted by molar-refractivity contribution is 6.52. The van der Waals surface area contributed by atoms with Crippen LogP contribution in [-0.4, -0.2) is 53.0 Å². The monoisotopic (exact) mass is 424 g/mol. The van der Waals surface area contributed by atoms with E-state index in [-0.39, 0.29) is 11.9 Å². The first kappa shape index (κ1) is 27.2. The van der Waals surface area contributed by atoms with E-state index in [2.05, 4.69) is 13.8 Å². The normalized spacial score (nSPS) is 18.7. The van der Waals surface area contributed by atoms with Gasteiger partial charge in [-0.2, -0.15) is 0 Å². The van der Waals surface area contributed by atoms with Gasteiger partial charge >= 0.3 is 14.2 Å². The fourth-order valence-corrected chi connectivity index (χ4v) is 3.67. The molecule has 1 aliphatic rings. The lowest BCUT2D eigenvalue weighted by atomic mass is 9.60. The molecule has 0 aromatic heterocycles. The Kier molecular flexibility index (Phi) is 14.5. The van der Waals surface area contributed by atoms with E-state index in [1.807, 2.05) is 0 Å². The Morgan fingerprint density at radius 2 is 1.33 bits per heavy atom. The number of allylic oxidation sites excluding steroid dienone is 2. The Morgan fingerprint density at radius 3 is 1.87 bits per heavy atom. The van der Waals surface area contributed by atoms with Gasteiger partial charge in [0.05, 0.1) is 12.4 Å². The molecule has 0 saturated carbocycles. The molecule has 0 amide bonds. The van der Waals surface area contributed by atoms with Crippen molar-refractivity contribution in [2.75, 3.05) is 13.2 Å². The first-order valence-corrected chi connectivity index (χ1v) is 11.9. The van der Waals surface area contributed by atoms with Gasteiger partial charge in [0.1, 0.15) is 5.50 Å². The van der Waals surface area contributed by atoms with Crippen molar-refractivity contribution >= 4 is 14.2 Å². The summed E-state index contributed by atoms with van der Waals surface area (Å²) in [6.07, 6.45) is 16.5. The van der Waals surface area contributed by atoms with Crippen LogP contribution in [0.5, 0.6) is 0 Å². The molecule has 0 radical (unpaired) electrons. The standard InChI is InChI=1S/C22H42B2O6/c1-3-5-7-9-11-13-17-29-21-19-22(24(27)28,16-15-20(21)23(25)26)30-18-14-12-10-8-6-4-2/h15-16,25-28H,3-14,17-19H2,1-2H3. The van der Waals surface area contributed by atoms with E-state index in [4.69, 9.17) is 9.47 Å². The maximum atomic E-state index is 10.0. The molecule has 4 N–H and O–H groups in total. The molecule has 0 bridgehead atoms. The highest BCUT2D eigenvalue weighted by Gasteiger charge is 2.45. The molecule has 0 fully saturated rings. The van der Waals surface area contributed by atoms with Gasteiger partial charge < -0.3 is 29.6 Å². The minimum Gasteiger partial charge on any atom is -0.498 e. The number of hydrogen-bond acceptors (Lipinski definition) is 6. The van der Waals surface area contributed by atoms with Crippen molar-refractivity contribution in [3.05, 3.63) is 23.4 Å². The zero-order valence-electron chi connectivity index (χ0n) is 19.0. The van der Waals surface area contributed by atoms with Crippen LogP contribution in [0.3, 0.4) is 0 Å². The van der Waals surface area contributed by atoms with Gasteiger partial charge in [-0.15, -0.1) is 0 Å². The van der Waals surface area contributed by atoms with E-state index >= 15 is 0 Å². The topological polar surface area (TPSA) is 99.4 Å². The van der Waals surface area contributed by atoms with Crippen molar-refractivity contribution in [3.63, 3.8) is 0 Å². The van der Waals surface area contributed by atoms with Crippen LogP contribution in [-0.2, 0) is 9.47 Å². The third-order valence-electron chi connectivity index (χ3n) is 5.66. The van der Waals surface area contributed by atoms with E-state index in [1.54, 1.807) is 0 Å². The summed E-state index contributed by atoms with van der Waals surface area (Å²) < 4.78 is 11.8. The molecule has 0 aromatic rings. The Morgan fingerprint density at radius 1 is 0.800 bits per heavy atom. The van der Waals surface area contributed by atoms with Gasteiger partial charge in [-0.1, -0.05) is 90.2 Å². The van der Waals surface area contributed by atoms with Gasteiger partial charge in [0.15, 0.2) is 0 Å². The first-order chi connectivity index (χ1) is 14.5. The molecule has 1 atom stereocenters. The molecular formula is C22H42B2O6. The summed E-state index contributed by atoms with van der Waals surface area (Å²) >= 11 is 0. The molecule has 6 nitrogen and oxygen atoms in total. The van der Waals surface area contributed by atoms with Gasteiger partial charge in [-0.3, -0.25) is 0 Å². The SMILES string of the molecule is CCCCCCCCOC1=C(B(O)O)C=CC(OCCCCCCCC)(B(O)O)C1. The fourth-order valence-electron chi connectivity index (χ4n) is 3.67. The van der Waals surface area contributed by atoms with Crippen LogP contribution in [0.1, 0.15) is 97.3 Å². The first-order valence-electron chi connectivity index (χ1n) is 11.9. The molecule has 172 valence electrons. The molecule has 0 spiro atoms. The van der Waals surface area contributed by atoms with E-state index < -0.39 is 19.7 Å². The average molecular weight is 424 g/mol. The smallest absolute Gasteiger partial charge is 0.491 e. The molecule has 0 saturated heterocycles. The minimum absolute atomic E-state index is 0.0692. The predicted octanol–water partition coefficient (Wildman–Crippen LogP) is 3.72. The highest BCUT2D eigenvalue weighted by atomic mass is 16.5. The summed E-state index contributed by atoms with van der Waals surface area (Å²) in [5.74, 6) is 0.358. The molecule has 8 heteroatoms. The number of rotatable bonds is 18.